The summed E-state index contributed by atoms with van der Waals surface area (Å²) in [6.45, 7) is 0. The van der Waals surface area contributed by atoms with Gasteiger partial charge in [-0.25, -0.2) is 4.98 Å². The van der Waals surface area contributed by atoms with Gasteiger partial charge >= 0.3 is 0 Å². The predicted molar refractivity (Wildman–Crippen MR) is 115 cm³/mol. The zero-order valence-electron chi connectivity index (χ0n) is 14.8. The van der Waals surface area contributed by atoms with Crippen LogP contribution in [0.25, 0.3) is 10.9 Å². The Morgan fingerprint density at radius 1 is 0.778 bits per heavy atom. The van der Waals surface area contributed by atoms with Gasteiger partial charge in [0.25, 0.3) is 0 Å². The molecule has 2 N–H and O–H groups in total. The van der Waals surface area contributed by atoms with Gasteiger partial charge in [0.05, 0.1) is 7.11 Å². The van der Waals surface area contributed by atoms with Crippen LogP contribution in [0.2, 0.25) is 0 Å². The Morgan fingerprint density at radius 2 is 1.41 bits per heavy atom. The second-order valence-electron chi connectivity index (χ2n) is 5.54. The smallest absolute Gasteiger partial charge is 0.240 e. The second kappa shape index (κ2) is 9.45. The van der Waals surface area contributed by atoms with Crippen LogP contribution in [-0.4, -0.2) is 17.1 Å². The van der Waals surface area contributed by atoms with Gasteiger partial charge in [-0.05, 0) is 36.4 Å². The number of ether oxygens (including phenoxy) is 1. The van der Waals surface area contributed by atoms with Gasteiger partial charge in [-0.3, -0.25) is 4.98 Å². The van der Waals surface area contributed by atoms with Crippen LogP contribution in [0.3, 0.4) is 0 Å². The van der Waals surface area contributed by atoms with E-state index in [0.29, 0.717) is 5.88 Å². The lowest BCUT2D eigenvalue weighted by atomic mass is 10.2. The molecule has 0 aliphatic carbocycles. The number of hydrogen-bond acceptors (Lipinski definition) is 6. The molecule has 0 amide bonds. The fourth-order valence-electron chi connectivity index (χ4n) is 2.50. The fraction of sp³-hybridized carbons (Fsp3) is 0.0476. The number of methoxy groups -OCH3 is 1. The van der Waals surface area contributed by atoms with Crippen molar-refractivity contribution in [1.29, 1.82) is 0 Å². The summed E-state index contributed by atoms with van der Waals surface area (Å²) in [7, 11) is 1.60. The van der Waals surface area contributed by atoms with E-state index >= 15 is 0 Å². The fourth-order valence-corrected chi connectivity index (χ4v) is 2.65. The Hall–Kier alpha value is -3.25. The number of benzene rings is 2. The number of thiol groups is 1. The molecule has 2 heterocycles. The third kappa shape index (κ3) is 4.89. The van der Waals surface area contributed by atoms with Crippen LogP contribution in [0, 0.1) is 0 Å². The highest BCUT2D eigenvalue weighted by atomic mass is 32.1. The van der Waals surface area contributed by atoms with Crippen LogP contribution < -0.4 is 14.8 Å². The molecule has 4 rings (SSSR count). The lowest BCUT2D eigenvalue weighted by Gasteiger charge is -2.10. The monoisotopic (exact) mass is 376 g/mol. The number of hydrogen-bond donors (Lipinski definition) is 3. The molecular formula is C21H20N4OS. The molecule has 5 nitrogen and oxygen atoms in total. The van der Waals surface area contributed by atoms with Gasteiger partial charge in [0, 0.05) is 34.8 Å². The van der Waals surface area contributed by atoms with Gasteiger partial charge in [-0.15, -0.1) is 0 Å². The van der Waals surface area contributed by atoms with E-state index in [9.17, 15) is 0 Å². The minimum atomic E-state index is 0.536. The van der Waals surface area contributed by atoms with Crippen molar-refractivity contribution in [2.24, 2.45) is 0 Å². The molecule has 27 heavy (non-hydrogen) atoms. The normalized spacial score (nSPS) is 9.85. The third-order valence-electron chi connectivity index (χ3n) is 3.77. The first-order chi connectivity index (χ1) is 13.3. The molecule has 0 spiro atoms. The summed E-state index contributed by atoms with van der Waals surface area (Å²) in [6.07, 6.45) is 3.47. The summed E-state index contributed by atoms with van der Waals surface area (Å²) < 4.78 is 7.95. The maximum absolute atomic E-state index is 5.23. The Morgan fingerprint density at radius 3 is 2.00 bits per heavy atom. The highest BCUT2D eigenvalue weighted by molar-refractivity contribution is 7.81. The molecule has 0 saturated carbocycles. The van der Waals surface area contributed by atoms with E-state index < -0.39 is 0 Å². The number of nitrogens with one attached hydrogen (secondary N) is 2. The molecule has 0 aliphatic rings. The molecule has 2 aromatic carbocycles. The largest absolute Gasteiger partial charge is 0.479 e. The summed E-state index contributed by atoms with van der Waals surface area (Å²) in [5.41, 5.74) is 3.80. The second-order valence-corrected chi connectivity index (χ2v) is 5.77. The van der Waals surface area contributed by atoms with Crippen LogP contribution in [0.1, 0.15) is 0 Å². The average molecular weight is 376 g/mol. The van der Waals surface area contributed by atoms with Gasteiger partial charge in [0.15, 0.2) is 0 Å². The number of pyridine rings is 2. The predicted octanol–water partition coefficient (Wildman–Crippen LogP) is 5.33. The summed E-state index contributed by atoms with van der Waals surface area (Å²) >= 11 is 3.86. The number of anilines is 3. The quantitative estimate of drug-likeness (QED) is 0.421. The van der Waals surface area contributed by atoms with Crippen molar-refractivity contribution >= 4 is 40.8 Å². The Balaban J connectivity index is 0.000000221. The molecule has 0 saturated heterocycles. The van der Waals surface area contributed by atoms with Crippen LogP contribution in [0.4, 0.5) is 17.1 Å². The number of aromatic nitrogens is 2. The first-order valence-electron chi connectivity index (χ1n) is 8.36. The number of fused-ring (bicyclic) bond motifs is 1. The van der Waals surface area contributed by atoms with E-state index in [4.69, 9.17) is 4.74 Å². The SMILES string of the molecule is COc1nccc2c(Nc3ccccc3)ccnc12.SNc1ccccc1. The van der Waals surface area contributed by atoms with Crippen LogP contribution in [0.15, 0.2) is 85.2 Å². The van der Waals surface area contributed by atoms with Crippen molar-refractivity contribution < 1.29 is 4.74 Å². The minimum Gasteiger partial charge on any atom is -0.479 e. The van der Waals surface area contributed by atoms with Crippen molar-refractivity contribution in [2.45, 2.75) is 0 Å². The van der Waals surface area contributed by atoms with Gasteiger partial charge in [0.2, 0.25) is 5.88 Å². The van der Waals surface area contributed by atoms with Crippen LogP contribution in [0.5, 0.6) is 5.88 Å². The Kier molecular flexibility index (Phi) is 6.49. The molecule has 0 unspecified atom stereocenters. The highest BCUT2D eigenvalue weighted by Gasteiger charge is 2.07. The van der Waals surface area contributed by atoms with Gasteiger partial charge in [0.1, 0.15) is 5.52 Å². The highest BCUT2D eigenvalue weighted by Crippen LogP contribution is 2.28. The molecule has 0 aliphatic heterocycles. The standard InChI is InChI=1S/C15H13N3O.C6H7NS/c1-19-15-14-12(7-9-17-15)13(8-10-16-14)18-11-5-3-2-4-6-11;8-7-6-4-2-1-3-5-6/h2-10H,1H3,(H,16,18);1-5,7-8H. The van der Waals surface area contributed by atoms with E-state index in [2.05, 4.69) is 32.8 Å². The zero-order chi connectivity index (χ0) is 18.9. The third-order valence-corrected chi connectivity index (χ3v) is 4.03. The molecule has 0 radical (unpaired) electrons. The first kappa shape index (κ1) is 18.5. The van der Waals surface area contributed by atoms with E-state index in [1.54, 1.807) is 19.5 Å². The van der Waals surface area contributed by atoms with Crippen LogP contribution in [-0.2, 0) is 0 Å². The Labute approximate surface area is 164 Å². The van der Waals surface area contributed by atoms with Crippen molar-refractivity contribution in [3.63, 3.8) is 0 Å². The molecule has 0 atom stereocenters. The molecule has 2 aromatic heterocycles. The van der Waals surface area contributed by atoms with E-state index in [1.807, 2.05) is 72.8 Å². The maximum Gasteiger partial charge on any atom is 0.240 e. The summed E-state index contributed by atoms with van der Waals surface area (Å²) in [4.78, 5) is 8.49. The van der Waals surface area contributed by atoms with Crippen molar-refractivity contribution in [2.75, 3.05) is 17.1 Å². The maximum atomic E-state index is 5.23. The summed E-state index contributed by atoms with van der Waals surface area (Å²) in [6, 6.07) is 23.7. The van der Waals surface area contributed by atoms with Crippen molar-refractivity contribution in [3.05, 3.63) is 85.2 Å². The van der Waals surface area contributed by atoms with Crippen molar-refractivity contribution in [1.82, 2.24) is 9.97 Å². The summed E-state index contributed by atoms with van der Waals surface area (Å²) in [5.74, 6) is 0.536. The van der Waals surface area contributed by atoms with Gasteiger partial charge in [-0.1, -0.05) is 49.2 Å². The number of para-hydroxylation sites is 2. The lowest BCUT2D eigenvalue weighted by Crippen LogP contribution is -1.95. The van der Waals surface area contributed by atoms with Gasteiger partial charge < -0.3 is 14.8 Å². The van der Waals surface area contributed by atoms with Crippen molar-refractivity contribution in [3.8, 4) is 5.88 Å². The Bertz CT molecular complexity index is 981. The van der Waals surface area contributed by atoms with Gasteiger partial charge in [-0.2, -0.15) is 0 Å². The zero-order valence-corrected chi connectivity index (χ0v) is 15.7. The molecule has 0 bridgehead atoms. The molecular weight excluding hydrogens is 356 g/mol. The van der Waals surface area contributed by atoms with E-state index in [-0.39, 0.29) is 0 Å². The van der Waals surface area contributed by atoms with E-state index in [0.717, 1.165) is 28.0 Å². The first-order valence-corrected chi connectivity index (χ1v) is 8.81. The molecule has 136 valence electrons. The average Bonchev–Trinajstić information content (AvgIpc) is 2.75. The molecule has 6 heteroatoms. The molecule has 0 fully saturated rings. The molecule has 4 aromatic rings. The minimum absolute atomic E-state index is 0.536. The van der Waals surface area contributed by atoms with E-state index in [1.165, 1.54) is 0 Å². The lowest BCUT2D eigenvalue weighted by molar-refractivity contribution is 0.402. The number of rotatable bonds is 4. The van der Waals surface area contributed by atoms with Crippen LogP contribution >= 0.6 is 12.8 Å². The number of nitrogens with zero attached hydrogens (tertiary/aromatic N) is 2. The topological polar surface area (TPSA) is 59.1 Å². The summed E-state index contributed by atoms with van der Waals surface area (Å²) in [5, 5.41) is 4.36.